The van der Waals surface area contributed by atoms with Crippen LogP contribution in [-0.2, 0) is 4.79 Å². The maximum absolute atomic E-state index is 13.5. The highest BCUT2D eigenvalue weighted by Crippen LogP contribution is 2.38. The maximum atomic E-state index is 13.5. The lowest BCUT2D eigenvalue weighted by Crippen LogP contribution is -2.19. The second-order valence-electron chi connectivity index (χ2n) is 8.45. The van der Waals surface area contributed by atoms with Crippen molar-refractivity contribution >= 4 is 46.9 Å². The predicted molar refractivity (Wildman–Crippen MR) is 151 cm³/mol. The topological polar surface area (TPSA) is 142 Å². The van der Waals surface area contributed by atoms with Gasteiger partial charge in [0, 0.05) is 10.6 Å². The number of ether oxygens (including phenoxy) is 1. The molecule has 9 nitrogen and oxygen atoms in total. The smallest absolute Gasteiger partial charge is 0.336 e. The Hall–Kier alpha value is -5.09. The molecule has 1 unspecified atom stereocenters. The van der Waals surface area contributed by atoms with Gasteiger partial charge in [-0.1, -0.05) is 48.5 Å². The molecule has 0 aliphatic carbocycles. The average molecular weight is 557 g/mol. The number of anilines is 2. The predicted octanol–water partition coefficient (Wildman–Crippen LogP) is 5.82. The summed E-state index contributed by atoms with van der Waals surface area (Å²) in [6.07, 6.45) is 0. The number of carbonyl (C=O) groups is 4. The summed E-state index contributed by atoms with van der Waals surface area (Å²) in [5, 5.41) is 23.6. The minimum atomic E-state index is -1.43. The van der Waals surface area contributed by atoms with E-state index in [1.54, 1.807) is 48.5 Å². The van der Waals surface area contributed by atoms with Crippen molar-refractivity contribution in [2.75, 3.05) is 17.7 Å². The average Bonchev–Trinajstić information content (AvgIpc) is 2.96. The van der Waals surface area contributed by atoms with Crippen LogP contribution in [0.2, 0.25) is 0 Å². The molecule has 0 aromatic heterocycles. The zero-order valence-corrected chi connectivity index (χ0v) is 22.0. The molecular weight excluding hydrogens is 532 g/mol. The van der Waals surface area contributed by atoms with Gasteiger partial charge in [0.25, 0.3) is 5.91 Å². The fourth-order valence-corrected chi connectivity index (χ4v) is 4.96. The number of thioether (sulfide) groups is 1. The molecule has 0 aliphatic heterocycles. The Balaban J connectivity index is 1.58. The highest BCUT2D eigenvalue weighted by molar-refractivity contribution is 8.00. The Morgan fingerprint density at radius 3 is 2.17 bits per heavy atom. The number of carboxylic acids is 2. The molecule has 4 rings (SSSR count). The van der Waals surface area contributed by atoms with Crippen molar-refractivity contribution in [1.82, 2.24) is 0 Å². The van der Waals surface area contributed by atoms with Crippen LogP contribution in [-0.4, -0.2) is 41.1 Å². The summed E-state index contributed by atoms with van der Waals surface area (Å²) in [5.41, 5.74) is 0.796. The van der Waals surface area contributed by atoms with E-state index >= 15 is 0 Å². The van der Waals surface area contributed by atoms with Crippen LogP contribution in [0.1, 0.15) is 41.9 Å². The first-order chi connectivity index (χ1) is 19.3. The van der Waals surface area contributed by atoms with Gasteiger partial charge in [-0.3, -0.25) is 9.59 Å². The molecule has 40 heavy (non-hydrogen) atoms. The Morgan fingerprint density at radius 2 is 1.48 bits per heavy atom. The third-order valence-electron chi connectivity index (χ3n) is 5.79. The van der Waals surface area contributed by atoms with Crippen LogP contribution >= 0.6 is 11.8 Å². The Morgan fingerprint density at radius 1 is 0.750 bits per heavy atom. The van der Waals surface area contributed by atoms with E-state index < -0.39 is 28.7 Å². The number of hydrogen-bond acceptors (Lipinski definition) is 6. The molecule has 2 amide bonds. The van der Waals surface area contributed by atoms with Gasteiger partial charge in [0.15, 0.2) is 0 Å². The summed E-state index contributed by atoms with van der Waals surface area (Å²) in [6.45, 7) is 0. The van der Waals surface area contributed by atoms with Gasteiger partial charge in [-0.15, -0.1) is 11.8 Å². The van der Waals surface area contributed by atoms with Crippen molar-refractivity contribution in [3.63, 3.8) is 0 Å². The quantitative estimate of drug-likeness (QED) is 0.179. The molecule has 0 saturated carbocycles. The number of amides is 2. The Labute approximate surface area is 233 Å². The van der Waals surface area contributed by atoms with E-state index in [2.05, 4.69) is 10.6 Å². The molecule has 1 atom stereocenters. The van der Waals surface area contributed by atoms with Gasteiger partial charge < -0.3 is 25.6 Å². The van der Waals surface area contributed by atoms with Crippen LogP contribution in [0, 0.1) is 0 Å². The normalized spacial score (nSPS) is 11.2. The van der Waals surface area contributed by atoms with Gasteiger partial charge >= 0.3 is 11.9 Å². The number of rotatable bonds is 10. The van der Waals surface area contributed by atoms with Crippen LogP contribution in [0.5, 0.6) is 5.75 Å². The molecule has 0 aliphatic rings. The first-order valence-electron chi connectivity index (χ1n) is 11.9. The molecule has 0 saturated heterocycles. The van der Waals surface area contributed by atoms with Gasteiger partial charge in [0.05, 0.1) is 29.5 Å². The lowest BCUT2D eigenvalue weighted by atomic mass is 10.0. The highest BCUT2D eigenvalue weighted by Gasteiger charge is 2.24. The van der Waals surface area contributed by atoms with Crippen molar-refractivity contribution in [3.05, 3.63) is 119 Å². The number of aromatic carboxylic acids is 2. The van der Waals surface area contributed by atoms with E-state index in [1.165, 1.54) is 24.9 Å². The van der Waals surface area contributed by atoms with Gasteiger partial charge in [-0.2, -0.15) is 0 Å². The molecule has 10 heteroatoms. The summed E-state index contributed by atoms with van der Waals surface area (Å²) < 4.78 is 5.35. The molecule has 4 aromatic carbocycles. The third-order valence-corrected chi connectivity index (χ3v) is 7.04. The lowest BCUT2D eigenvalue weighted by molar-refractivity contribution is -0.115. The van der Waals surface area contributed by atoms with Crippen molar-refractivity contribution < 1.29 is 34.1 Å². The molecular formula is C30H24N2O7S. The molecule has 202 valence electrons. The van der Waals surface area contributed by atoms with Gasteiger partial charge in [-0.25, -0.2) is 9.59 Å². The van der Waals surface area contributed by atoms with Crippen molar-refractivity contribution in [2.45, 2.75) is 10.1 Å². The SMILES string of the molecule is COc1ccccc1NC(=O)C(Sc1cccc(NC(=O)c2ccc(C(=O)O)cc2C(=O)O)c1)c1ccccc1. The van der Waals surface area contributed by atoms with Gasteiger partial charge in [-0.05, 0) is 54.1 Å². The second kappa shape index (κ2) is 12.6. The van der Waals surface area contributed by atoms with Gasteiger partial charge in [0.1, 0.15) is 11.0 Å². The first kappa shape index (κ1) is 27.9. The van der Waals surface area contributed by atoms with Crippen LogP contribution in [0.15, 0.2) is 102 Å². The lowest BCUT2D eigenvalue weighted by Gasteiger charge is -2.18. The van der Waals surface area contributed by atoms with Crippen molar-refractivity contribution in [2.24, 2.45) is 0 Å². The second-order valence-corrected chi connectivity index (χ2v) is 9.63. The van der Waals surface area contributed by atoms with Gasteiger partial charge in [0.2, 0.25) is 5.91 Å². The Kier molecular flexibility index (Phi) is 8.82. The zero-order chi connectivity index (χ0) is 28.6. The molecule has 0 bridgehead atoms. The van der Waals surface area contributed by atoms with Crippen molar-refractivity contribution in [3.8, 4) is 5.75 Å². The number of carbonyl (C=O) groups excluding carboxylic acids is 2. The van der Waals surface area contributed by atoms with E-state index in [0.717, 1.165) is 17.7 Å². The number of benzene rings is 4. The molecule has 4 aromatic rings. The maximum Gasteiger partial charge on any atom is 0.336 e. The fraction of sp³-hybridized carbons (Fsp3) is 0.0667. The number of nitrogens with one attached hydrogen (secondary N) is 2. The first-order valence-corrected chi connectivity index (χ1v) is 12.8. The molecule has 0 radical (unpaired) electrons. The molecule has 0 heterocycles. The molecule has 0 fully saturated rings. The van der Waals surface area contributed by atoms with E-state index in [-0.39, 0.29) is 17.0 Å². The number of para-hydroxylation sites is 2. The minimum absolute atomic E-state index is 0.186. The Bertz CT molecular complexity index is 1570. The van der Waals surface area contributed by atoms with Crippen LogP contribution in [0.25, 0.3) is 0 Å². The standard InChI is InChI=1S/C30H24N2O7S/c1-39-25-13-6-5-12-24(25)32-28(34)26(18-8-3-2-4-9-18)40-21-11-7-10-20(17-21)31-27(33)22-15-14-19(29(35)36)16-23(22)30(37)38/h2-17,26H,1H3,(H,31,33)(H,32,34)(H,35,36)(H,37,38). The minimum Gasteiger partial charge on any atom is -0.495 e. The van der Waals surface area contributed by atoms with Crippen molar-refractivity contribution in [1.29, 1.82) is 0 Å². The summed E-state index contributed by atoms with van der Waals surface area (Å²) in [7, 11) is 1.52. The van der Waals surface area contributed by atoms with E-state index in [1.807, 2.05) is 30.3 Å². The van der Waals surface area contributed by atoms with Crippen LogP contribution in [0.4, 0.5) is 11.4 Å². The number of methoxy groups -OCH3 is 1. The summed E-state index contributed by atoms with van der Waals surface area (Å²) >= 11 is 1.27. The highest BCUT2D eigenvalue weighted by atomic mass is 32.2. The number of hydrogen-bond donors (Lipinski definition) is 4. The fourth-order valence-electron chi connectivity index (χ4n) is 3.88. The number of carboxylic acid groups (broad SMARTS) is 2. The van der Waals surface area contributed by atoms with E-state index in [9.17, 15) is 24.3 Å². The monoisotopic (exact) mass is 556 g/mol. The van der Waals surface area contributed by atoms with E-state index in [4.69, 9.17) is 9.84 Å². The zero-order valence-electron chi connectivity index (χ0n) is 21.2. The third kappa shape index (κ3) is 6.66. The largest absolute Gasteiger partial charge is 0.495 e. The van der Waals surface area contributed by atoms with Crippen LogP contribution < -0.4 is 15.4 Å². The molecule has 4 N–H and O–H groups in total. The summed E-state index contributed by atoms with van der Waals surface area (Å²) in [4.78, 5) is 50.0. The van der Waals surface area contributed by atoms with Crippen LogP contribution in [0.3, 0.4) is 0 Å². The summed E-state index contributed by atoms with van der Waals surface area (Å²) in [5.74, 6) is -3.20. The molecule has 0 spiro atoms. The van der Waals surface area contributed by atoms with E-state index in [0.29, 0.717) is 22.0 Å². The summed E-state index contributed by atoms with van der Waals surface area (Å²) in [6, 6.07) is 26.4.